The Bertz CT molecular complexity index is 425. The monoisotopic (exact) mass is 170 g/mol. The van der Waals surface area contributed by atoms with Crippen LogP contribution in [0.15, 0.2) is 35.6 Å². The molecule has 1 aliphatic heterocycles. The lowest BCUT2D eigenvalue weighted by Crippen LogP contribution is -1.98. The van der Waals surface area contributed by atoms with E-state index in [9.17, 15) is 0 Å². The average molecular weight is 170 g/mol. The van der Waals surface area contributed by atoms with Gasteiger partial charge in [-0.15, -0.1) is 0 Å². The predicted octanol–water partition coefficient (Wildman–Crippen LogP) is 1.16. The van der Waals surface area contributed by atoms with Gasteiger partial charge in [0.1, 0.15) is 11.3 Å². The normalized spacial score (nSPS) is 13.3. The molecule has 1 aromatic carbocycles. The van der Waals surface area contributed by atoms with Crippen LogP contribution in [0.2, 0.25) is 0 Å². The van der Waals surface area contributed by atoms with Crippen molar-refractivity contribution in [1.82, 2.24) is 10.6 Å². The van der Waals surface area contributed by atoms with Crippen molar-refractivity contribution in [3.05, 3.63) is 41.6 Å². The number of nitrogens with one attached hydrogen (secondary N) is 1. The predicted molar refractivity (Wildman–Crippen MR) is 46.8 cm³/mol. The van der Waals surface area contributed by atoms with Crippen LogP contribution in [0.4, 0.5) is 0 Å². The number of benzene rings is 1. The van der Waals surface area contributed by atoms with Crippen LogP contribution < -0.4 is 10.6 Å². The van der Waals surface area contributed by atoms with Gasteiger partial charge in [0.15, 0.2) is 5.70 Å². The lowest BCUT2D eigenvalue weighted by Gasteiger charge is -1.93. The summed E-state index contributed by atoms with van der Waals surface area (Å²) in [6, 6.07) is 9.31. The van der Waals surface area contributed by atoms with Gasteiger partial charge in [-0.1, -0.05) is 17.6 Å². The molecule has 13 heavy (non-hydrogen) atoms. The Kier molecular flexibility index (Phi) is 1.77. The molecular weight excluding hydrogens is 164 g/mol. The van der Waals surface area contributed by atoms with E-state index in [1.807, 2.05) is 12.1 Å². The quantitative estimate of drug-likeness (QED) is 0.687. The van der Waals surface area contributed by atoms with Crippen LogP contribution >= 0.6 is 0 Å². The summed E-state index contributed by atoms with van der Waals surface area (Å²) in [5.41, 5.74) is 4.89. The molecule has 61 valence electrons. The highest BCUT2D eigenvalue weighted by Gasteiger charge is 2.12. The second kappa shape index (κ2) is 3.07. The Morgan fingerprint density at radius 2 is 2.38 bits per heavy atom. The number of rotatable bonds is 1. The van der Waals surface area contributed by atoms with E-state index in [0.29, 0.717) is 5.56 Å². The maximum atomic E-state index is 8.67. The molecular formula is C9H6N4+. The zero-order valence-corrected chi connectivity index (χ0v) is 6.73. The third kappa shape index (κ3) is 1.40. The van der Waals surface area contributed by atoms with Crippen molar-refractivity contribution in [2.45, 2.75) is 0 Å². The summed E-state index contributed by atoms with van der Waals surface area (Å²) in [5.74, 6) is 0. The van der Waals surface area contributed by atoms with Gasteiger partial charge in [-0.3, -0.25) is 0 Å². The summed E-state index contributed by atoms with van der Waals surface area (Å²) < 4.78 is 0. The van der Waals surface area contributed by atoms with Gasteiger partial charge in [0.25, 0.3) is 0 Å². The highest BCUT2D eigenvalue weighted by molar-refractivity contribution is 5.65. The Balaban J connectivity index is 2.42. The molecule has 1 N–H and O–H groups in total. The lowest BCUT2D eigenvalue weighted by atomic mass is 10.1. The van der Waals surface area contributed by atoms with Gasteiger partial charge < -0.3 is 0 Å². The molecule has 1 aromatic rings. The molecule has 0 unspecified atom stereocenters. The summed E-state index contributed by atoms with van der Waals surface area (Å²) in [5, 5.41) is 16.1. The van der Waals surface area contributed by atoms with Gasteiger partial charge in [0.05, 0.1) is 11.6 Å². The van der Waals surface area contributed by atoms with Crippen LogP contribution in [-0.2, 0) is 0 Å². The molecule has 0 saturated heterocycles. The summed E-state index contributed by atoms with van der Waals surface area (Å²) in [6.45, 7) is 0. The van der Waals surface area contributed by atoms with Gasteiger partial charge in [-0.2, -0.15) is 5.26 Å². The van der Waals surface area contributed by atoms with Crippen LogP contribution in [0.25, 0.3) is 5.70 Å². The van der Waals surface area contributed by atoms with Crippen molar-refractivity contribution in [3.63, 3.8) is 0 Å². The summed E-state index contributed by atoms with van der Waals surface area (Å²) >= 11 is 0. The van der Waals surface area contributed by atoms with Crippen LogP contribution in [0.1, 0.15) is 11.1 Å². The fourth-order valence-electron chi connectivity index (χ4n) is 1.09. The lowest BCUT2D eigenvalue weighted by molar-refractivity contribution is 0.808. The number of nitriles is 1. The largest absolute Gasteiger partial charge is 0.330 e. The van der Waals surface area contributed by atoms with Gasteiger partial charge in [0, 0.05) is 5.56 Å². The number of hydrogen-bond donors (Lipinski definition) is 1. The van der Waals surface area contributed by atoms with Crippen molar-refractivity contribution < 1.29 is 0 Å². The molecule has 4 nitrogen and oxygen atoms in total. The first-order valence-electron chi connectivity index (χ1n) is 3.77. The second-order valence-electron chi connectivity index (χ2n) is 2.55. The molecule has 4 heteroatoms. The van der Waals surface area contributed by atoms with E-state index >= 15 is 0 Å². The SMILES string of the molecule is N#Cc1cccc(C2=CN[N+]=N2)c1. The van der Waals surface area contributed by atoms with E-state index in [0.717, 1.165) is 11.3 Å². The smallest absolute Gasteiger partial charge is 0.192 e. The zero-order valence-electron chi connectivity index (χ0n) is 6.73. The van der Waals surface area contributed by atoms with E-state index in [1.54, 1.807) is 18.3 Å². The number of nitrogens with zero attached hydrogens (tertiary/aromatic N) is 3. The molecule has 0 atom stereocenters. The maximum Gasteiger partial charge on any atom is 0.330 e. The zero-order chi connectivity index (χ0) is 9.10. The molecule has 1 radical (unpaired) electrons. The Morgan fingerprint density at radius 1 is 1.46 bits per heavy atom. The molecule has 0 bridgehead atoms. The van der Waals surface area contributed by atoms with Gasteiger partial charge in [-0.25, -0.2) is 0 Å². The highest BCUT2D eigenvalue weighted by Crippen LogP contribution is 2.17. The Morgan fingerprint density at radius 3 is 3.08 bits per heavy atom. The molecule has 0 amide bonds. The van der Waals surface area contributed by atoms with Crippen LogP contribution in [-0.4, -0.2) is 0 Å². The average Bonchev–Trinajstić information content (AvgIpc) is 2.71. The molecule has 1 aliphatic rings. The molecule has 0 saturated carbocycles. The topological polar surface area (TPSA) is 62.3 Å². The third-order valence-corrected chi connectivity index (χ3v) is 1.70. The van der Waals surface area contributed by atoms with E-state index < -0.39 is 0 Å². The summed E-state index contributed by atoms with van der Waals surface area (Å²) in [4.78, 5) is 0. The van der Waals surface area contributed by atoms with Crippen LogP contribution in [0.5, 0.6) is 0 Å². The van der Waals surface area contributed by atoms with E-state index in [1.165, 1.54) is 0 Å². The van der Waals surface area contributed by atoms with Gasteiger partial charge in [0.2, 0.25) is 0 Å². The summed E-state index contributed by atoms with van der Waals surface area (Å²) in [6.07, 6.45) is 1.69. The maximum absolute atomic E-state index is 8.67. The minimum atomic E-state index is 0.625. The highest BCUT2D eigenvalue weighted by atomic mass is 15.4. The molecule has 0 fully saturated rings. The minimum Gasteiger partial charge on any atom is -0.192 e. The van der Waals surface area contributed by atoms with Crippen molar-refractivity contribution in [1.29, 1.82) is 5.26 Å². The van der Waals surface area contributed by atoms with E-state index in [-0.39, 0.29) is 0 Å². The standard InChI is InChI=1S/C9H6N4/c10-5-7-2-1-3-8(4-7)9-6-11-13-12-9/h1-4,6H,(H,11,12)/q+1. The van der Waals surface area contributed by atoms with Crippen LogP contribution in [0.3, 0.4) is 0 Å². The molecule has 0 aromatic heterocycles. The second-order valence-corrected chi connectivity index (χ2v) is 2.55. The Labute approximate surface area is 75.2 Å². The molecule has 0 aliphatic carbocycles. The van der Waals surface area contributed by atoms with Crippen molar-refractivity contribution in [2.75, 3.05) is 0 Å². The van der Waals surface area contributed by atoms with Crippen molar-refractivity contribution in [3.8, 4) is 6.07 Å². The third-order valence-electron chi connectivity index (χ3n) is 1.70. The minimum absolute atomic E-state index is 0.625. The van der Waals surface area contributed by atoms with Gasteiger partial charge >= 0.3 is 5.22 Å². The van der Waals surface area contributed by atoms with E-state index in [2.05, 4.69) is 21.8 Å². The first kappa shape index (κ1) is 7.50. The molecule has 2 rings (SSSR count). The Hall–Kier alpha value is -2.15. The van der Waals surface area contributed by atoms with Crippen molar-refractivity contribution in [2.24, 2.45) is 5.11 Å². The summed E-state index contributed by atoms with van der Waals surface area (Å²) in [7, 11) is 0. The van der Waals surface area contributed by atoms with Crippen LogP contribution in [0, 0.1) is 11.3 Å². The first-order chi connectivity index (χ1) is 6.40. The fraction of sp³-hybridized carbons (Fsp3) is 0. The first-order valence-corrected chi connectivity index (χ1v) is 3.77. The molecule has 1 heterocycles. The van der Waals surface area contributed by atoms with Gasteiger partial charge in [-0.05, 0) is 12.1 Å². The fourth-order valence-corrected chi connectivity index (χ4v) is 1.09. The number of hydrogen-bond acceptors (Lipinski definition) is 4. The molecule has 0 spiro atoms. The van der Waals surface area contributed by atoms with Crippen molar-refractivity contribution >= 4 is 5.70 Å². The van der Waals surface area contributed by atoms with E-state index in [4.69, 9.17) is 5.26 Å².